The molecule has 3 nitrogen and oxygen atoms in total. The van der Waals surface area contributed by atoms with Gasteiger partial charge in [0, 0.05) is 6.92 Å². The zero-order chi connectivity index (χ0) is 9.78. The Hall–Kier alpha value is -0.380. The van der Waals surface area contributed by atoms with Crippen molar-refractivity contribution in [3.8, 4) is 0 Å². The molecule has 0 aromatic rings. The molecule has 0 spiro atoms. The van der Waals surface area contributed by atoms with E-state index in [0.29, 0.717) is 6.42 Å². The van der Waals surface area contributed by atoms with Gasteiger partial charge in [-0.3, -0.25) is 9.59 Å². The minimum absolute atomic E-state index is 0.000185. The normalized spacial score (nSPS) is 15.0. The Labute approximate surface area is 81.0 Å². The number of rotatable bonds is 4. The number of carbonyl (C=O) groups excluding carboxylic acids is 2. The molecule has 0 saturated heterocycles. The number of carbonyl (C=O) groups is 2. The molecule has 70 valence electrons. The van der Waals surface area contributed by atoms with E-state index in [9.17, 15) is 9.59 Å². The number of ketones is 1. The van der Waals surface area contributed by atoms with Crippen LogP contribution < -0.4 is 5.32 Å². The second kappa shape index (κ2) is 4.60. The van der Waals surface area contributed by atoms with Crippen molar-refractivity contribution in [2.45, 2.75) is 32.7 Å². The van der Waals surface area contributed by atoms with Crippen LogP contribution in [0.1, 0.15) is 27.2 Å². The minimum atomic E-state index is -0.713. The monoisotopic (exact) mass is 235 g/mol. The molecule has 0 aromatic heterocycles. The van der Waals surface area contributed by atoms with Crippen molar-refractivity contribution in [2.75, 3.05) is 5.33 Å². The van der Waals surface area contributed by atoms with Gasteiger partial charge in [-0.1, -0.05) is 22.9 Å². The van der Waals surface area contributed by atoms with Crippen molar-refractivity contribution in [3.63, 3.8) is 0 Å². The zero-order valence-corrected chi connectivity index (χ0v) is 9.19. The Bertz CT molecular complexity index is 193. The Morgan fingerprint density at radius 2 is 2.00 bits per heavy atom. The van der Waals surface area contributed by atoms with Gasteiger partial charge in [0.1, 0.15) is 0 Å². The summed E-state index contributed by atoms with van der Waals surface area (Å²) in [4.78, 5) is 22.1. The average Bonchev–Trinajstić information content (AvgIpc) is 2.01. The SMILES string of the molecule is CCC(C)(NC(C)=O)C(=O)CBr. The Morgan fingerprint density at radius 1 is 1.50 bits per heavy atom. The van der Waals surface area contributed by atoms with Crippen molar-refractivity contribution in [1.82, 2.24) is 5.32 Å². The van der Waals surface area contributed by atoms with Gasteiger partial charge in [-0.15, -0.1) is 0 Å². The molecule has 0 bridgehead atoms. The molecule has 4 heteroatoms. The summed E-state index contributed by atoms with van der Waals surface area (Å²) in [5, 5.41) is 2.91. The fourth-order valence-corrected chi connectivity index (χ4v) is 1.51. The maximum atomic E-state index is 11.3. The maximum absolute atomic E-state index is 11.3. The first-order valence-corrected chi connectivity index (χ1v) is 4.96. The lowest BCUT2D eigenvalue weighted by atomic mass is 9.94. The van der Waals surface area contributed by atoms with Gasteiger partial charge in [0.15, 0.2) is 5.78 Å². The van der Waals surface area contributed by atoms with Crippen LogP contribution in [0.3, 0.4) is 0 Å². The topological polar surface area (TPSA) is 46.2 Å². The second-order valence-corrected chi connectivity index (χ2v) is 3.48. The van der Waals surface area contributed by atoms with E-state index in [1.165, 1.54) is 6.92 Å². The largest absolute Gasteiger partial charge is 0.344 e. The fourth-order valence-electron chi connectivity index (χ4n) is 0.891. The molecule has 0 aromatic carbocycles. The molecule has 1 atom stereocenters. The van der Waals surface area contributed by atoms with E-state index in [0.717, 1.165) is 0 Å². The van der Waals surface area contributed by atoms with Crippen LogP contribution >= 0.6 is 15.9 Å². The third-order valence-corrected chi connectivity index (χ3v) is 2.41. The van der Waals surface area contributed by atoms with Crippen LogP contribution in [-0.4, -0.2) is 22.6 Å². The van der Waals surface area contributed by atoms with E-state index < -0.39 is 5.54 Å². The first-order valence-electron chi connectivity index (χ1n) is 3.84. The molecule has 0 aliphatic heterocycles. The van der Waals surface area contributed by atoms with Gasteiger partial charge in [-0.05, 0) is 13.3 Å². The maximum Gasteiger partial charge on any atom is 0.217 e. The van der Waals surface area contributed by atoms with Crippen LogP contribution in [0.15, 0.2) is 0 Å². The Kier molecular flexibility index (Phi) is 4.45. The molecule has 1 N–H and O–H groups in total. The molecular formula is C8H14BrNO2. The smallest absolute Gasteiger partial charge is 0.217 e. The van der Waals surface area contributed by atoms with Gasteiger partial charge < -0.3 is 5.32 Å². The van der Waals surface area contributed by atoms with E-state index in [1.54, 1.807) is 6.92 Å². The number of alkyl halides is 1. The number of nitrogens with one attached hydrogen (secondary N) is 1. The highest BCUT2D eigenvalue weighted by Gasteiger charge is 2.30. The molecule has 0 fully saturated rings. The van der Waals surface area contributed by atoms with E-state index >= 15 is 0 Å². The van der Waals surface area contributed by atoms with Gasteiger partial charge in [0.2, 0.25) is 5.91 Å². The van der Waals surface area contributed by atoms with Crippen molar-refractivity contribution in [2.24, 2.45) is 0 Å². The van der Waals surface area contributed by atoms with Gasteiger partial charge in [-0.25, -0.2) is 0 Å². The van der Waals surface area contributed by atoms with E-state index in [4.69, 9.17) is 0 Å². The summed E-state index contributed by atoms with van der Waals surface area (Å²) in [5.41, 5.74) is -0.713. The van der Waals surface area contributed by atoms with Gasteiger partial charge >= 0.3 is 0 Å². The van der Waals surface area contributed by atoms with E-state index in [-0.39, 0.29) is 17.0 Å². The van der Waals surface area contributed by atoms with Crippen molar-refractivity contribution in [1.29, 1.82) is 0 Å². The Morgan fingerprint density at radius 3 is 2.25 bits per heavy atom. The van der Waals surface area contributed by atoms with Crippen LogP contribution in [0.4, 0.5) is 0 Å². The lowest BCUT2D eigenvalue weighted by molar-refractivity contribution is -0.129. The summed E-state index contributed by atoms with van der Waals surface area (Å²) in [5.74, 6) is -0.172. The highest BCUT2D eigenvalue weighted by atomic mass is 79.9. The summed E-state index contributed by atoms with van der Waals surface area (Å²) in [6.07, 6.45) is 0.608. The quantitative estimate of drug-likeness (QED) is 0.747. The predicted molar refractivity (Wildman–Crippen MR) is 51.3 cm³/mol. The summed E-state index contributed by atoms with van der Waals surface area (Å²) < 4.78 is 0. The van der Waals surface area contributed by atoms with Crippen LogP contribution in [0, 0.1) is 0 Å². The summed E-state index contributed by atoms with van der Waals surface area (Å²) in [6.45, 7) is 5.02. The summed E-state index contributed by atoms with van der Waals surface area (Å²) in [6, 6.07) is 0. The molecule has 1 amide bonds. The highest BCUT2D eigenvalue weighted by molar-refractivity contribution is 9.09. The zero-order valence-electron chi connectivity index (χ0n) is 7.61. The third-order valence-electron chi connectivity index (χ3n) is 1.90. The number of halogens is 1. The number of hydrogen-bond acceptors (Lipinski definition) is 2. The van der Waals surface area contributed by atoms with E-state index in [2.05, 4.69) is 21.2 Å². The molecule has 0 radical (unpaired) electrons. The molecule has 0 rings (SSSR count). The summed E-state index contributed by atoms with van der Waals surface area (Å²) >= 11 is 3.08. The number of amides is 1. The average molecular weight is 236 g/mol. The van der Waals surface area contributed by atoms with Gasteiger partial charge in [0.25, 0.3) is 0 Å². The number of hydrogen-bond donors (Lipinski definition) is 1. The molecule has 1 unspecified atom stereocenters. The standard InChI is InChI=1S/C8H14BrNO2/c1-4-8(3,7(12)5-9)10-6(2)11/h4-5H2,1-3H3,(H,10,11). The second-order valence-electron chi connectivity index (χ2n) is 2.92. The van der Waals surface area contributed by atoms with Crippen molar-refractivity contribution in [3.05, 3.63) is 0 Å². The van der Waals surface area contributed by atoms with E-state index in [1.807, 2.05) is 6.92 Å². The van der Waals surface area contributed by atoms with Crippen LogP contribution in [0.2, 0.25) is 0 Å². The van der Waals surface area contributed by atoms with Crippen molar-refractivity contribution >= 4 is 27.6 Å². The first kappa shape index (κ1) is 11.6. The van der Waals surface area contributed by atoms with Gasteiger partial charge in [0.05, 0.1) is 10.9 Å². The van der Waals surface area contributed by atoms with Crippen LogP contribution in [0.5, 0.6) is 0 Å². The summed E-state index contributed by atoms with van der Waals surface area (Å²) in [7, 11) is 0. The fraction of sp³-hybridized carbons (Fsp3) is 0.750. The molecule has 12 heavy (non-hydrogen) atoms. The lowest BCUT2D eigenvalue weighted by Crippen LogP contribution is -2.51. The Balaban J connectivity index is 4.44. The molecule has 0 aliphatic carbocycles. The molecule has 0 heterocycles. The third kappa shape index (κ3) is 2.93. The lowest BCUT2D eigenvalue weighted by Gasteiger charge is -2.26. The highest BCUT2D eigenvalue weighted by Crippen LogP contribution is 2.11. The molecular weight excluding hydrogens is 222 g/mol. The van der Waals surface area contributed by atoms with Crippen LogP contribution in [0.25, 0.3) is 0 Å². The first-order chi connectivity index (χ1) is 5.46. The minimum Gasteiger partial charge on any atom is -0.344 e. The van der Waals surface area contributed by atoms with Crippen molar-refractivity contribution < 1.29 is 9.59 Å². The predicted octanol–water partition coefficient (Wildman–Crippen LogP) is 1.26. The van der Waals surface area contributed by atoms with Crippen LogP contribution in [-0.2, 0) is 9.59 Å². The molecule has 0 aliphatic rings. The number of Topliss-reactive ketones (excluding diaryl/α,β-unsaturated/α-hetero) is 1. The molecule has 0 saturated carbocycles. The van der Waals surface area contributed by atoms with Gasteiger partial charge in [-0.2, -0.15) is 0 Å².